The highest BCUT2D eigenvalue weighted by Gasteiger charge is 2.09. The second-order valence-electron chi connectivity index (χ2n) is 2.84. The summed E-state index contributed by atoms with van der Waals surface area (Å²) in [5, 5.41) is 7.93. The minimum absolute atomic E-state index is 0.0639. The highest BCUT2D eigenvalue weighted by molar-refractivity contribution is 5.99. The molecule has 0 aliphatic heterocycles. The first-order chi connectivity index (χ1) is 7.22. The normalized spacial score (nSPS) is 9.67. The minimum atomic E-state index is -0.181. The highest BCUT2D eigenvalue weighted by Crippen LogP contribution is 2.28. The number of hydrogen-bond donors (Lipinski definition) is 1. The Bertz CT molecular complexity index is 404. The van der Waals surface area contributed by atoms with Crippen molar-refractivity contribution in [2.45, 2.75) is 0 Å². The molecule has 0 bridgehead atoms. The lowest BCUT2D eigenvalue weighted by molar-refractivity contribution is 0.0993. The van der Waals surface area contributed by atoms with Crippen LogP contribution < -0.4 is 5.32 Å². The third-order valence-corrected chi connectivity index (χ3v) is 1.83. The van der Waals surface area contributed by atoms with Gasteiger partial charge in [-0.3, -0.25) is 4.79 Å². The molecule has 0 spiro atoms. The van der Waals surface area contributed by atoms with Gasteiger partial charge in [0.25, 0.3) is 0 Å². The van der Waals surface area contributed by atoms with E-state index in [9.17, 15) is 14.6 Å². The van der Waals surface area contributed by atoms with E-state index < -0.39 is 0 Å². The van der Waals surface area contributed by atoms with Gasteiger partial charge in [0.15, 0.2) is 5.78 Å². The van der Waals surface area contributed by atoms with Gasteiger partial charge in [0, 0.05) is 5.56 Å². The average molecular weight is 207 g/mol. The summed E-state index contributed by atoms with van der Waals surface area (Å²) in [6.07, 6.45) is 0. The van der Waals surface area contributed by atoms with Crippen molar-refractivity contribution in [2.75, 3.05) is 13.6 Å². The lowest BCUT2D eigenvalue weighted by atomic mass is 10.1. The van der Waals surface area contributed by atoms with Gasteiger partial charge >= 0.3 is 0 Å². The van der Waals surface area contributed by atoms with E-state index in [1.807, 2.05) is 0 Å². The van der Waals surface area contributed by atoms with Crippen molar-refractivity contribution in [3.8, 4) is 0 Å². The number of ketones is 1. The van der Waals surface area contributed by atoms with Crippen LogP contribution in [0.2, 0.25) is 0 Å². The van der Waals surface area contributed by atoms with Crippen LogP contribution in [0.1, 0.15) is 10.4 Å². The zero-order valence-electron chi connectivity index (χ0n) is 8.06. The molecule has 6 nitrogen and oxygen atoms in total. The Morgan fingerprint density at radius 2 is 1.93 bits per heavy atom. The Morgan fingerprint density at radius 1 is 1.27 bits per heavy atom. The summed E-state index contributed by atoms with van der Waals surface area (Å²) < 4.78 is 0. The van der Waals surface area contributed by atoms with Crippen molar-refractivity contribution in [1.82, 2.24) is 5.32 Å². The molecule has 1 N–H and O–H groups in total. The van der Waals surface area contributed by atoms with Crippen LogP contribution >= 0.6 is 0 Å². The maximum Gasteiger partial charge on any atom is 0.176 e. The van der Waals surface area contributed by atoms with E-state index in [1.165, 1.54) is 18.2 Å². The summed E-state index contributed by atoms with van der Waals surface area (Å²) in [4.78, 5) is 32.0. The van der Waals surface area contributed by atoms with Crippen molar-refractivity contribution < 1.29 is 4.79 Å². The number of carbonyl (C=O) groups is 1. The molecule has 1 aromatic carbocycles. The summed E-state index contributed by atoms with van der Waals surface area (Å²) in [6, 6.07) is 3.99. The fraction of sp³-hybridized carbons (Fsp3) is 0.222. The first kappa shape index (κ1) is 11.1. The number of rotatable bonds is 5. The lowest BCUT2D eigenvalue weighted by Crippen LogP contribution is -2.18. The van der Waals surface area contributed by atoms with Crippen molar-refractivity contribution >= 4 is 17.2 Å². The Kier molecular flexibility index (Phi) is 3.75. The smallest absolute Gasteiger partial charge is 0.176 e. The van der Waals surface area contributed by atoms with E-state index in [0.29, 0.717) is 5.56 Å². The summed E-state index contributed by atoms with van der Waals surface area (Å²) in [5.41, 5.74) is 0.143. The number of nitrogens with one attached hydrogen (secondary N) is 1. The molecule has 0 amide bonds. The molecule has 1 aromatic rings. The molecule has 1 rings (SSSR count). The molecule has 78 valence electrons. The van der Waals surface area contributed by atoms with Gasteiger partial charge in [0.2, 0.25) is 0 Å². The minimum Gasteiger partial charge on any atom is -0.313 e. The molecule has 0 aliphatic carbocycles. The number of benzene rings is 1. The molecule has 0 saturated heterocycles. The number of nitrogens with zero attached hydrogens (tertiary/aromatic N) is 2. The van der Waals surface area contributed by atoms with Crippen LogP contribution in [-0.4, -0.2) is 19.4 Å². The van der Waals surface area contributed by atoms with E-state index >= 15 is 0 Å². The van der Waals surface area contributed by atoms with Gasteiger partial charge in [-0.15, -0.1) is 9.81 Å². The Labute approximate surface area is 85.6 Å². The third-order valence-electron chi connectivity index (χ3n) is 1.83. The van der Waals surface area contributed by atoms with Crippen LogP contribution in [0.3, 0.4) is 0 Å². The summed E-state index contributed by atoms with van der Waals surface area (Å²) >= 11 is 0. The van der Waals surface area contributed by atoms with Gasteiger partial charge in [-0.25, -0.2) is 0 Å². The quantitative estimate of drug-likeness (QED) is 0.589. The summed E-state index contributed by atoms with van der Waals surface area (Å²) in [6.45, 7) is 0.159. The standard InChI is InChI=1S/C9H9N3O3/c1-10-5-9(13)6-2-3-7(11-14)8(4-6)12-15/h2-4,10H,5H2,1H3. The van der Waals surface area contributed by atoms with Crippen molar-refractivity contribution in [3.63, 3.8) is 0 Å². The second-order valence-corrected chi connectivity index (χ2v) is 2.84. The number of carbonyl (C=O) groups excluding carboxylic acids is 1. The van der Waals surface area contributed by atoms with Crippen molar-refractivity contribution in [1.29, 1.82) is 0 Å². The predicted octanol–water partition coefficient (Wildman–Crippen LogP) is 1.88. The molecule has 15 heavy (non-hydrogen) atoms. The van der Waals surface area contributed by atoms with Gasteiger partial charge in [0.1, 0.15) is 11.4 Å². The van der Waals surface area contributed by atoms with Gasteiger partial charge in [-0.2, -0.15) is 0 Å². The summed E-state index contributed by atoms with van der Waals surface area (Å²) in [7, 11) is 1.64. The number of nitroso groups, excluding NO2 is 2. The van der Waals surface area contributed by atoms with Crippen LogP contribution in [0.25, 0.3) is 0 Å². The van der Waals surface area contributed by atoms with Gasteiger partial charge in [-0.1, -0.05) is 0 Å². The number of likely N-dealkylation sites (N-methyl/N-ethyl adjacent to an activating group) is 1. The molecule has 0 saturated carbocycles. The van der Waals surface area contributed by atoms with E-state index in [-0.39, 0.29) is 23.7 Å². The molecule has 0 radical (unpaired) electrons. The molecule has 0 fully saturated rings. The highest BCUT2D eigenvalue weighted by atomic mass is 16.3. The Balaban J connectivity index is 3.07. The summed E-state index contributed by atoms with van der Waals surface area (Å²) in [5.74, 6) is -0.181. The van der Waals surface area contributed by atoms with E-state index in [2.05, 4.69) is 15.7 Å². The number of Topliss-reactive ketones (excluding diaryl/α,β-unsaturated/α-hetero) is 1. The second kappa shape index (κ2) is 5.06. The van der Waals surface area contributed by atoms with E-state index in [1.54, 1.807) is 7.05 Å². The van der Waals surface area contributed by atoms with E-state index in [0.717, 1.165) is 0 Å². The molecular weight excluding hydrogens is 198 g/mol. The zero-order valence-corrected chi connectivity index (χ0v) is 8.06. The fourth-order valence-electron chi connectivity index (χ4n) is 1.11. The largest absolute Gasteiger partial charge is 0.313 e. The third kappa shape index (κ3) is 2.50. The first-order valence-electron chi connectivity index (χ1n) is 4.21. The molecule has 0 aliphatic rings. The van der Waals surface area contributed by atoms with Gasteiger partial charge < -0.3 is 5.32 Å². The monoisotopic (exact) mass is 207 g/mol. The maximum atomic E-state index is 11.4. The van der Waals surface area contributed by atoms with E-state index in [4.69, 9.17) is 0 Å². The maximum absolute atomic E-state index is 11.4. The van der Waals surface area contributed by atoms with Crippen LogP contribution in [-0.2, 0) is 0 Å². The predicted molar refractivity (Wildman–Crippen MR) is 55.6 cm³/mol. The molecule has 0 aromatic heterocycles. The molecule has 0 heterocycles. The van der Waals surface area contributed by atoms with Gasteiger partial charge in [-0.05, 0) is 35.6 Å². The Hall–Kier alpha value is -1.95. The fourth-order valence-corrected chi connectivity index (χ4v) is 1.11. The molecular formula is C9H9N3O3. The molecule has 0 atom stereocenters. The molecule has 6 heteroatoms. The van der Waals surface area contributed by atoms with Crippen LogP contribution in [0.5, 0.6) is 0 Å². The average Bonchev–Trinajstić information content (AvgIpc) is 2.28. The van der Waals surface area contributed by atoms with Crippen LogP contribution in [0.4, 0.5) is 11.4 Å². The van der Waals surface area contributed by atoms with Crippen molar-refractivity contribution in [2.24, 2.45) is 10.4 Å². The van der Waals surface area contributed by atoms with Gasteiger partial charge in [0.05, 0.1) is 6.54 Å². The number of hydrogen-bond acceptors (Lipinski definition) is 6. The zero-order chi connectivity index (χ0) is 11.3. The lowest BCUT2D eigenvalue weighted by Gasteiger charge is -2.00. The topological polar surface area (TPSA) is 88.0 Å². The SMILES string of the molecule is CNCC(=O)c1ccc(N=O)c(N=O)c1. The first-order valence-corrected chi connectivity index (χ1v) is 4.21. The van der Waals surface area contributed by atoms with Crippen LogP contribution in [0, 0.1) is 9.81 Å². The van der Waals surface area contributed by atoms with Crippen molar-refractivity contribution in [3.05, 3.63) is 33.6 Å². The van der Waals surface area contributed by atoms with Crippen LogP contribution in [0.15, 0.2) is 28.6 Å². The molecule has 0 unspecified atom stereocenters. The Morgan fingerprint density at radius 3 is 2.47 bits per heavy atom.